The molecule has 2 rings (SSSR count). The van der Waals surface area contributed by atoms with Gasteiger partial charge in [-0.05, 0) is 50.3 Å². The van der Waals surface area contributed by atoms with Crippen LogP contribution in [0.5, 0.6) is 5.75 Å². The van der Waals surface area contributed by atoms with Gasteiger partial charge in [0.15, 0.2) is 5.11 Å². The van der Waals surface area contributed by atoms with Gasteiger partial charge in [-0.3, -0.25) is 4.90 Å². The van der Waals surface area contributed by atoms with Crippen molar-refractivity contribution in [1.82, 2.24) is 10.2 Å². The van der Waals surface area contributed by atoms with Crippen molar-refractivity contribution in [3.63, 3.8) is 0 Å². The van der Waals surface area contributed by atoms with E-state index >= 15 is 0 Å². The highest BCUT2D eigenvalue weighted by Gasteiger charge is 2.35. The number of nitrogens with zero attached hydrogens (tertiary/aromatic N) is 1. The largest absolute Gasteiger partial charge is 0.497 e. The monoisotopic (exact) mass is 279 g/mol. The molecule has 19 heavy (non-hydrogen) atoms. The van der Waals surface area contributed by atoms with Crippen molar-refractivity contribution >= 4 is 29.0 Å². The third kappa shape index (κ3) is 3.14. The zero-order valence-electron chi connectivity index (χ0n) is 11.2. The number of hydrogen-bond donors (Lipinski definition) is 2. The van der Waals surface area contributed by atoms with Gasteiger partial charge in [0.2, 0.25) is 0 Å². The number of urea groups is 1. The Bertz CT molecular complexity index is 499. The van der Waals surface area contributed by atoms with Crippen molar-refractivity contribution in [2.75, 3.05) is 19.0 Å². The molecule has 0 unspecified atom stereocenters. The first kappa shape index (κ1) is 13.6. The molecule has 102 valence electrons. The van der Waals surface area contributed by atoms with Crippen LogP contribution in [-0.4, -0.2) is 35.2 Å². The quantitative estimate of drug-likeness (QED) is 0.815. The maximum atomic E-state index is 12.1. The number of nitrogens with one attached hydrogen (secondary N) is 2. The predicted octanol–water partition coefficient (Wildman–Crippen LogP) is 2.20. The second-order valence-electron chi connectivity index (χ2n) is 5.06. The standard InChI is InChI=1S/C13H17N3O2S/c1-13(2)8-16(12(19)15-13)11(17)14-9-4-6-10(18-3)7-5-9/h4-7H,8H2,1-3H3,(H,14,17)(H,15,19). The van der Waals surface area contributed by atoms with Gasteiger partial charge in [0.25, 0.3) is 0 Å². The van der Waals surface area contributed by atoms with Crippen LogP contribution in [-0.2, 0) is 0 Å². The Balaban J connectivity index is 2.03. The fourth-order valence-corrected chi connectivity index (χ4v) is 2.32. The third-order valence-electron chi connectivity index (χ3n) is 2.83. The zero-order chi connectivity index (χ0) is 14.0. The molecule has 2 N–H and O–H groups in total. The highest BCUT2D eigenvalue weighted by molar-refractivity contribution is 7.80. The minimum absolute atomic E-state index is 0.186. The van der Waals surface area contributed by atoms with Gasteiger partial charge in [-0.15, -0.1) is 0 Å². The second-order valence-corrected chi connectivity index (χ2v) is 5.45. The zero-order valence-corrected chi connectivity index (χ0v) is 12.0. The molecular weight excluding hydrogens is 262 g/mol. The van der Waals surface area contributed by atoms with Crippen LogP contribution >= 0.6 is 12.2 Å². The Morgan fingerprint density at radius 3 is 2.53 bits per heavy atom. The number of amides is 2. The molecule has 1 aromatic rings. The van der Waals surface area contributed by atoms with Crippen molar-refractivity contribution in [3.05, 3.63) is 24.3 Å². The summed E-state index contributed by atoms with van der Waals surface area (Å²) in [6.45, 7) is 4.55. The summed E-state index contributed by atoms with van der Waals surface area (Å²) in [6, 6.07) is 6.93. The fraction of sp³-hybridized carbons (Fsp3) is 0.385. The molecule has 1 aromatic carbocycles. The lowest BCUT2D eigenvalue weighted by Crippen LogP contribution is -2.37. The topological polar surface area (TPSA) is 53.6 Å². The number of rotatable bonds is 2. The summed E-state index contributed by atoms with van der Waals surface area (Å²) in [5.41, 5.74) is 0.521. The summed E-state index contributed by atoms with van der Waals surface area (Å²) in [5.74, 6) is 0.748. The van der Waals surface area contributed by atoms with Crippen LogP contribution < -0.4 is 15.4 Å². The maximum Gasteiger partial charge on any atom is 0.328 e. The van der Waals surface area contributed by atoms with E-state index in [-0.39, 0.29) is 11.6 Å². The van der Waals surface area contributed by atoms with Crippen LogP contribution in [0, 0.1) is 0 Å². The molecule has 0 bridgehead atoms. The second kappa shape index (κ2) is 5.05. The van der Waals surface area contributed by atoms with Gasteiger partial charge in [-0.2, -0.15) is 0 Å². The summed E-state index contributed by atoms with van der Waals surface area (Å²) in [4.78, 5) is 13.7. The molecule has 0 atom stereocenters. The molecule has 2 amide bonds. The van der Waals surface area contributed by atoms with E-state index in [4.69, 9.17) is 17.0 Å². The van der Waals surface area contributed by atoms with Crippen molar-refractivity contribution < 1.29 is 9.53 Å². The summed E-state index contributed by atoms with van der Waals surface area (Å²) < 4.78 is 5.06. The minimum Gasteiger partial charge on any atom is -0.497 e. The summed E-state index contributed by atoms with van der Waals surface area (Å²) in [7, 11) is 1.60. The molecule has 1 heterocycles. The van der Waals surface area contributed by atoms with E-state index in [0.717, 1.165) is 5.75 Å². The van der Waals surface area contributed by atoms with E-state index in [1.165, 1.54) is 4.90 Å². The number of thiocarbonyl (C=S) groups is 1. The van der Waals surface area contributed by atoms with E-state index < -0.39 is 0 Å². The third-order valence-corrected chi connectivity index (χ3v) is 3.15. The molecule has 0 saturated carbocycles. The molecule has 1 aliphatic rings. The van der Waals surface area contributed by atoms with E-state index in [0.29, 0.717) is 17.3 Å². The lowest BCUT2D eigenvalue weighted by Gasteiger charge is -2.18. The van der Waals surface area contributed by atoms with Crippen molar-refractivity contribution in [2.24, 2.45) is 0 Å². The van der Waals surface area contributed by atoms with Crippen LogP contribution in [0.2, 0.25) is 0 Å². The predicted molar refractivity (Wildman–Crippen MR) is 78.5 cm³/mol. The molecule has 0 aromatic heterocycles. The van der Waals surface area contributed by atoms with Gasteiger partial charge in [-0.1, -0.05) is 0 Å². The van der Waals surface area contributed by atoms with Crippen LogP contribution in [0.25, 0.3) is 0 Å². The number of methoxy groups -OCH3 is 1. The number of ether oxygens (including phenoxy) is 1. The molecule has 0 aliphatic carbocycles. The summed E-state index contributed by atoms with van der Waals surface area (Å²) in [6.07, 6.45) is 0. The van der Waals surface area contributed by atoms with Crippen molar-refractivity contribution in [2.45, 2.75) is 19.4 Å². The smallest absolute Gasteiger partial charge is 0.328 e. The van der Waals surface area contributed by atoms with Crippen molar-refractivity contribution in [3.8, 4) is 5.75 Å². The highest BCUT2D eigenvalue weighted by atomic mass is 32.1. The van der Waals surface area contributed by atoms with Gasteiger partial charge in [0, 0.05) is 5.69 Å². The summed E-state index contributed by atoms with van der Waals surface area (Å²) >= 11 is 5.16. The highest BCUT2D eigenvalue weighted by Crippen LogP contribution is 2.18. The molecule has 1 saturated heterocycles. The van der Waals surface area contributed by atoms with Gasteiger partial charge >= 0.3 is 6.03 Å². The van der Waals surface area contributed by atoms with Crippen LogP contribution in [0.3, 0.4) is 0 Å². The minimum atomic E-state index is -0.228. The fourth-order valence-electron chi connectivity index (χ4n) is 1.89. The number of carbonyl (C=O) groups is 1. The van der Waals surface area contributed by atoms with Crippen LogP contribution in [0.4, 0.5) is 10.5 Å². The number of hydrogen-bond acceptors (Lipinski definition) is 3. The van der Waals surface area contributed by atoms with Gasteiger partial charge in [-0.25, -0.2) is 4.79 Å². The normalized spacial score (nSPS) is 17.0. The lowest BCUT2D eigenvalue weighted by molar-refractivity contribution is 0.233. The molecule has 0 spiro atoms. The molecular formula is C13H17N3O2S. The van der Waals surface area contributed by atoms with Crippen LogP contribution in [0.15, 0.2) is 24.3 Å². The first-order valence-electron chi connectivity index (χ1n) is 5.96. The number of carbonyl (C=O) groups excluding carboxylic acids is 1. The van der Waals surface area contributed by atoms with E-state index in [1.807, 2.05) is 13.8 Å². The first-order valence-corrected chi connectivity index (χ1v) is 6.37. The van der Waals surface area contributed by atoms with Gasteiger partial charge in [0.1, 0.15) is 5.75 Å². The van der Waals surface area contributed by atoms with Gasteiger partial charge < -0.3 is 15.4 Å². The first-order chi connectivity index (χ1) is 8.91. The molecule has 6 heteroatoms. The van der Waals surface area contributed by atoms with Crippen molar-refractivity contribution in [1.29, 1.82) is 0 Å². The number of benzene rings is 1. The average Bonchev–Trinajstić information content (AvgIpc) is 2.64. The Morgan fingerprint density at radius 2 is 2.05 bits per heavy atom. The molecule has 0 radical (unpaired) electrons. The maximum absolute atomic E-state index is 12.1. The Kier molecular flexibility index (Phi) is 3.61. The van der Waals surface area contributed by atoms with E-state index in [9.17, 15) is 4.79 Å². The molecule has 1 fully saturated rings. The Labute approximate surface area is 117 Å². The molecule has 5 nitrogen and oxygen atoms in total. The average molecular weight is 279 g/mol. The SMILES string of the molecule is COc1ccc(NC(=O)N2CC(C)(C)NC2=S)cc1. The number of anilines is 1. The lowest BCUT2D eigenvalue weighted by atomic mass is 10.1. The van der Waals surface area contributed by atoms with E-state index in [1.54, 1.807) is 31.4 Å². The van der Waals surface area contributed by atoms with Gasteiger partial charge in [0.05, 0.1) is 19.2 Å². The van der Waals surface area contributed by atoms with Crippen LogP contribution in [0.1, 0.15) is 13.8 Å². The van der Waals surface area contributed by atoms with E-state index in [2.05, 4.69) is 10.6 Å². The summed E-state index contributed by atoms with van der Waals surface area (Å²) in [5, 5.41) is 6.37. The Hall–Kier alpha value is -1.82. The molecule has 1 aliphatic heterocycles. The Morgan fingerprint density at radius 1 is 1.42 bits per heavy atom.